The van der Waals surface area contributed by atoms with Crippen LogP contribution in [0.15, 0.2) is 67.1 Å². The third-order valence-electron chi connectivity index (χ3n) is 21.4. The average molecular weight is 1460 g/mol. The van der Waals surface area contributed by atoms with Crippen molar-refractivity contribution in [2.24, 2.45) is 23.7 Å². The van der Waals surface area contributed by atoms with Gasteiger partial charge in [0.25, 0.3) is 5.91 Å². The molecule has 7 heterocycles. The summed E-state index contributed by atoms with van der Waals surface area (Å²) in [5, 5.41) is 135. The first-order valence-electron chi connectivity index (χ1n) is 36.0. The molecule has 0 bridgehead atoms. The Balaban J connectivity index is 0.720. The fourth-order valence-corrected chi connectivity index (χ4v) is 15.5. The van der Waals surface area contributed by atoms with Gasteiger partial charge in [0.2, 0.25) is 17.7 Å². The number of carbonyl (C=O) groups is 4. The molecule has 35 heteroatoms. The lowest BCUT2D eigenvalue weighted by atomic mass is 9.75. The van der Waals surface area contributed by atoms with Crippen LogP contribution >= 0.6 is 0 Å². The molecule has 3 aromatic heterocycles. The molecule has 4 aliphatic heterocycles. The Morgan fingerprint density at radius 2 is 1.27 bits per heavy atom. The highest BCUT2D eigenvalue weighted by Gasteiger charge is 2.55. The van der Waals surface area contributed by atoms with Crippen LogP contribution in [0.5, 0.6) is 0 Å². The van der Waals surface area contributed by atoms with Gasteiger partial charge in [0, 0.05) is 49.5 Å². The second kappa shape index (κ2) is 34.2. The summed E-state index contributed by atoms with van der Waals surface area (Å²) < 4.78 is 77.2. The molecular formula is C69H95F2N13O20. The van der Waals surface area contributed by atoms with Crippen molar-refractivity contribution in [1.82, 2.24) is 65.8 Å². The monoisotopic (exact) mass is 1460 g/mol. The number of halogens is 2. The van der Waals surface area contributed by atoms with Gasteiger partial charge in [-0.1, -0.05) is 85.4 Å². The van der Waals surface area contributed by atoms with Crippen LogP contribution in [0, 0.1) is 35.3 Å². The maximum absolute atomic E-state index is 14.5. The molecule has 7 aliphatic rings. The van der Waals surface area contributed by atoms with Crippen molar-refractivity contribution in [1.29, 1.82) is 0 Å². The second-order valence-corrected chi connectivity index (χ2v) is 28.5. The summed E-state index contributed by atoms with van der Waals surface area (Å²) in [6.07, 6.45) is -14.5. The molecule has 0 radical (unpaired) electrons. The van der Waals surface area contributed by atoms with Crippen molar-refractivity contribution in [2.75, 3.05) is 32.8 Å². The summed E-state index contributed by atoms with van der Waals surface area (Å²) in [6.45, 7) is 4.22. The fourth-order valence-electron chi connectivity index (χ4n) is 15.5. The van der Waals surface area contributed by atoms with E-state index in [9.17, 15) is 73.9 Å². The zero-order chi connectivity index (χ0) is 73.6. The summed E-state index contributed by atoms with van der Waals surface area (Å²) in [7, 11) is 0. The molecule has 570 valence electrons. The number of carbonyl (C=O) groups excluding carboxylic acids is 4. The first-order valence-corrected chi connectivity index (χ1v) is 36.0. The molecule has 104 heavy (non-hydrogen) atoms. The number of aromatic nitrogens is 9. The molecule has 7 fully saturated rings. The zero-order valence-corrected chi connectivity index (χ0v) is 58.0. The Hall–Kier alpha value is -7.04. The van der Waals surface area contributed by atoms with Gasteiger partial charge >= 0.3 is 0 Å². The van der Waals surface area contributed by atoms with E-state index in [2.05, 4.69) is 46.9 Å². The number of rotatable bonds is 26. The third kappa shape index (κ3) is 17.5. The summed E-state index contributed by atoms with van der Waals surface area (Å²) in [5.41, 5.74) is 1.51. The van der Waals surface area contributed by atoms with Gasteiger partial charge in [0.1, 0.15) is 108 Å². The van der Waals surface area contributed by atoms with Gasteiger partial charge in [0.15, 0.2) is 18.9 Å². The smallest absolute Gasteiger partial charge is 0.251 e. The summed E-state index contributed by atoms with van der Waals surface area (Å²) >= 11 is 0. The molecule has 4 amide bonds. The van der Waals surface area contributed by atoms with Crippen LogP contribution in [0.25, 0.3) is 22.5 Å². The molecule has 0 spiro atoms. The van der Waals surface area contributed by atoms with Gasteiger partial charge in [-0.25, -0.2) is 18.1 Å². The standard InChI is InChI=1S/C69H95F2N13O20/c1-4-37-22-40(27-49(62(37)104-69-61(94)60(93)55(88)34(2)98-69)101-67-53(74-35(3)87)63(58(91)52(33-86)102-67)99-50(66(97)81-18-10-19-81)21-36-11-6-5-7-12-36)64(95)72-17-20-82-29-44(75-78-82)28-73-65(96)41-25-47(83-30-45(76-79-83)38-13-8-15-42(70)23-38)56(89)48(26-41)100-68-59(92)54(57(90)51(32-85)103-68)84-31-46(77-80-84)39-14-9-16-43(71)24-39/h8-9,13-16,23-24,29-31,34,36-37,40-41,47-63,67-69,85-86,88-94H,4-7,10-12,17-22,25-28,32-33H2,1-3H3,(H,72,95)(H,73,96)(H,74,87)/t34?,37?,40?,41?,47?,48-,49-,50+,51?,52?,53?,54?,55-,56?,57+,58+,59?,60?,61?,62?,63?,67-,68-,69+/m1/s1. The van der Waals surface area contributed by atoms with E-state index in [1.807, 2.05) is 6.92 Å². The van der Waals surface area contributed by atoms with Crippen molar-refractivity contribution in [2.45, 2.75) is 239 Å². The van der Waals surface area contributed by atoms with Crippen molar-refractivity contribution in [3.63, 3.8) is 0 Å². The molecule has 12 rings (SSSR count). The molecule has 5 aromatic rings. The largest absolute Gasteiger partial charge is 0.394 e. The predicted molar refractivity (Wildman–Crippen MR) is 354 cm³/mol. The number of ether oxygens (including phenoxy) is 7. The van der Waals surface area contributed by atoms with Gasteiger partial charge in [-0.05, 0) is 81.5 Å². The van der Waals surface area contributed by atoms with Crippen LogP contribution in [0.3, 0.4) is 0 Å². The normalized spacial score (nSPS) is 34.4. The number of hydrogen-bond donors (Lipinski definition) is 12. The Bertz CT molecular complexity index is 3680. The van der Waals surface area contributed by atoms with Crippen LogP contribution in [-0.2, 0) is 65.4 Å². The number of amides is 4. The predicted octanol–water partition coefficient (Wildman–Crippen LogP) is -0.543. The first-order chi connectivity index (χ1) is 50.1. The number of hydrogen-bond acceptors (Lipinski definition) is 26. The molecule has 4 saturated heterocycles. The van der Waals surface area contributed by atoms with Gasteiger partial charge in [-0.2, -0.15) is 0 Å². The maximum Gasteiger partial charge on any atom is 0.251 e. The Morgan fingerprint density at radius 1 is 0.644 bits per heavy atom. The molecule has 12 N–H and O–H groups in total. The van der Waals surface area contributed by atoms with Crippen LogP contribution in [0.4, 0.5) is 8.78 Å². The number of aliphatic hydroxyl groups excluding tert-OH is 9. The molecule has 24 atom stereocenters. The molecule has 3 aliphatic carbocycles. The minimum absolute atomic E-state index is 0.0277. The molecular weight excluding hydrogens is 1370 g/mol. The quantitative estimate of drug-likeness (QED) is 0.0331. The van der Waals surface area contributed by atoms with Crippen molar-refractivity contribution in [3.05, 3.63) is 84.4 Å². The number of benzene rings is 2. The Kier molecular flexibility index (Phi) is 25.2. The van der Waals surface area contributed by atoms with Gasteiger partial charge in [-0.15, -0.1) is 15.3 Å². The van der Waals surface area contributed by atoms with E-state index in [1.54, 1.807) is 23.2 Å². The van der Waals surface area contributed by atoms with E-state index in [0.29, 0.717) is 42.8 Å². The maximum atomic E-state index is 14.5. The van der Waals surface area contributed by atoms with Crippen LogP contribution in [0.1, 0.15) is 116 Å². The van der Waals surface area contributed by atoms with Crippen molar-refractivity contribution >= 4 is 23.6 Å². The van der Waals surface area contributed by atoms with Gasteiger partial charge in [-0.3, -0.25) is 23.9 Å². The molecule has 3 saturated carbocycles. The van der Waals surface area contributed by atoms with E-state index in [4.69, 9.17) is 33.2 Å². The van der Waals surface area contributed by atoms with Crippen LogP contribution in [-0.4, -0.2) is 269 Å². The van der Waals surface area contributed by atoms with Gasteiger partial charge < -0.3 is 100.0 Å². The van der Waals surface area contributed by atoms with Crippen molar-refractivity contribution in [3.8, 4) is 22.5 Å². The third-order valence-corrected chi connectivity index (χ3v) is 21.4. The van der Waals surface area contributed by atoms with E-state index >= 15 is 0 Å². The lowest BCUT2D eigenvalue weighted by molar-refractivity contribution is -0.338. The molecule has 33 nitrogen and oxygen atoms in total. The van der Waals surface area contributed by atoms with Crippen LogP contribution in [0.2, 0.25) is 0 Å². The molecule has 2 aromatic carbocycles. The number of aliphatic hydroxyl groups is 9. The van der Waals surface area contributed by atoms with E-state index in [0.717, 1.165) is 43.2 Å². The van der Waals surface area contributed by atoms with Gasteiger partial charge in [0.05, 0.1) is 75.4 Å². The second-order valence-electron chi connectivity index (χ2n) is 28.5. The topological polar surface area (TPSA) is 446 Å². The van der Waals surface area contributed by atoms with E-state index in [1.165, 1.54) is 72.0 Å². The zero-order valence-electron chi connectivity index (χ0n) is 58.0. The molecule has 15 unspecified atom stereocenters. The lowest BCUT2D eigenvalue weighted by Crippen LogP contribution is -2.67. The minimum atomic E-state index is -1.74. The number of nitrogens with zero attached hydrogens (tertiary/aromatic N) is 10. The first kappa shape index (κ1) is 76.6. The van der Waals surface area contributed by atoms with E-state index in [-0.39, 0.29) is 68.5 Å². The summed E-state index contributed by atoms with van der Waals surface area (Å²) in [4.78, 5) is 58.0. The number of likely N-dealkylation sites (tertiary alicyclic amines) is 1. The average Bonchev–Trinajstić information content (AvgIpc) is 1.77. The minimum Gasteiger partial charge on any atom is -0.394 e. The van der Waals surface area contributed by atoms with Crippen LogP contribution < -0.4 is 16.0 Å². The Morgan fingerprint density at radius 3 is 1.92 bits per heavy atom. The Labute approximate surface area is 597 Å². The highest BCUT2D eigenvalue weighted by Crippen LogP contribution is 2.43. The van der Waals surface area contributed by atoms with E-state index < -0.39 is 189 Å². The lowest BCUT2D eigenvalue weighted by Gasteiger charge is -2.49. The highest BCUT2D eigenvalue weighted by molar-refractivity contribution is 5.82. The SMILES string of the molecule is CCC1CC(C(=O)NCCn2cc(CNC(=O)C3CC(n4cc(-c5cccc(F)c5)nn4)C(O)[C@H](O[C@@H]4OC(CO)[C@H](O)C(n5cc(-c6cccc(F)c6)nn5)C4O)C3)nn2)C[C@@H](O[C@@H]2OC(CO)[C@H](O)C(O[C@@H](CC3CCCCC3)C(=O)N3CCC3)C2NC(C)=O)C1O[C@@H]1OC(C)[C@@H](O)C(O)C1O. The number of nitrogens with one attached hydrogen (secondary N) is 3. The summed E-state index contributed by atoms with van der Waals surface area (Å²) in [6, 6.07) is 7.51. The highest BCUT2D eigenvalue weighted by atomic mass is 19.1. The summed E-state index contributed by atoms with van der Waals surface area (Å²) in [5.74, 6) is -4.87. The fraction of sp³-hybridized carbons (Fsp3) is 0.681. The van der Waals surface area contributed by atoms with Crippen molar-refractivity contribution < 1.29 is 107 Å².